The van der Waals surface area contributed by atoms with Crippen LogP contribution >= 0.6 is 0 Å². The molecule has 7 nitrogen and oxygen atoms in total. The number of nitrogens with zero attached hydrogens (tertiary/aromatic N) is 2. The van der Waals surface area contributed by atoms with E-state index in [2.05, 4.69) is 6.07 Å². The fourth-order valence-corrected chi connectivity index (χ4v) is 4.33. The fraction of sp³-hybridized carbons (Fsp3) is 0.533. The average molecular weight is 338 g/mol. The highest BCUT2D eigenvalue weighted by molar-refractivity contribution is 7.89. The Bertz CT molecular complexity index is 721. The van der Waals surface area contributed by atoms with Crippen LogP contribution in [0, 0.1) is 11.3 Å². The van der Waals surface area contributed by atoms with Gasteiger partial charge in [0, 0.05) is 13.0 Å². The average Bonchev–Trinajstić information content (AvgIpc) is 2.60. The van der Waals surface area contributed by atoms with E-state index in [1.807, 2.05) is 6.92 Å². The number of nitriles is 1. The van der Waals surface area contributed by atoms with Crippen molar-refractivity contribution in [2.75, 3.05) is 39.4 Å². The van der Waals surface area contributed by atoms with Gasteiger partial charge in [0.2, 0.25) is 10.0 Å². The van der Waals surface area contributed by atoms with Gasteiger partial charge in [-0.1, -0.05) is 0 Å². The van der Waals surface area contributed by atoms with Crippen LogP contribution in [0.15, 0.2) is 23.1 Å². The summed E-state index contributed by atoms with van der Waals surface area (Å²) in [4.78, 5) is 1.35. The van der Waals surface area contributed by atoms with E-state index in [1.54, 1.807) is 12.1 Å². The standard InChI is InChI=1S/C15H19N3O4S/c1-12(11-16)17-4-6-18(7-5-17)23(19,20)13-2-3-14-15(10-13)22-9-8-21-14/h2-3,10,12H,4-9H2,1H3/p+1/t12-/m1/s1. The third-order valence-electron chi connectivity index (χ3n) is 4.32. The molecule has 1 aromatic carbocycles. The second-order valence-electron chi connectivity index (χ2n) is 5.72. The molecule has 23 heavy (non-hydrogen) atoms. The molecule has 2 aliphatic heterocycles. The lowest BCUT2D eigenvalue weighted by Gasteiger charge is -2.32. The van der Waals surface area contributed by atoms with Crippen molar-refractivity contribution in [2.45, 2.75) is 17.9 Å². The van der Waals surface area contributed by atoms with Crippen LogP contribution < -0.4 is 14.4 Å². The van der Waals surface area contributed by atoms with Gasteiger partial charge in [0.25, 0.3) is 0 Å². The number of sulfonamides is 1. The molecule has 1 N–H and O–H groups in total. The van der Waals surface area contributed by atoms with Crippen molar-refractivity contribution < 1.29 is 22.8 Å². The van der Waals surface area contributed by atoms with Gasteiger partial charge in [-0.05, 0) is 12.1 Å². The molecule has 1 atom stereocenters. The summed E-state index contributed by atoms with van der Waals surface area (Å²) in [5.41, 5.74) is 0. The maximum absolute atomic E-state index is 12.8. The van der Waals surface area contributed by atoms with E-state index in [4.69, 9.17) is 14.7 Å². The Kier molecular flexibility index (Phi) is 4.43. The minimum atomic E-state index is -3.55. The monoisotopic (exact) mass is 338 g/mol. The lowest BCUT2D eigenvalue weighted by molar-refractivity contribution is -0.918. The van der Waals surface area contributed by atoms with Crippen LogP contribution in [0.3, 0.4) is 0 Å². The zero-order chi connectivity index (χ0) is 16.4. The van der Waals surface area contributed by atoms with Gasteiger partial charge >= 0.3 is 0 Å². The molecule has 0 amide bonds. The number of hydrogen-bond acceptors (Lipinski definition) is 5. The van der Waals surface area contributed by atoms with Crippen LogP contribution in [-0.4, -0.2) is 58.2 Å². The molecular formula is C15H20N3O4S+. The largest absolute Gasteiger partial charge is 0.486 e. The molecule has 0 aliphatic carbocycles. The van der Waals surface area contributed by atoms with Crippen molar-refractivity contribution in [3.05, 3.63) is 18.2 Å². The summed E-state index contributed by atoms with van der Waals surface area (Å²) in [6.07, 6.45) is 0. The molecule has 8 heteroatoms. The molecule has 1 fully saturated rings. The first-order valence-electron chi connectivity index (χ1n) is 7.66. The van der Waals surface area contributed by atoms with Crippen LogP contribution in [0.25, 0.3) is 0 Å². The molecule has 1 aromatic rings. The molecule has 0 radical (unpaired) electrons. The smallest absolute Gasteiger partial charge is 0.243 e. The van der Waals surface area contributed by atoms with Crippen LogP contribution in [0.5, 0.6) is 11.5 Å². The van der Waals surface area contributed by atoms with E-state index < -0.39 is 10.0 Å². The Labute approximate surface area is 136 Å². The van der Waals surface area contributed by atoms with Gasteiger partial charge < -0.3 is 14.4 Å². The molecule has 0 spiro atoms. The van der Waals surface area contributed by atoms with Crippen LogP contribution in [-0.2, 0) is 10.0 Å². The molecule has 3 rings (SSSR count). The quantitative estimate of drug-likeness (QED) is 0.785. The van der Waals surface area contributed by atoms with E-state index in [-0.39, 0.29) is 10.9 Å². The lowest BCUT2D eigenvalue weighted by Crippen LogP contribution is -3.17. The van der Waals surface area contributed by atoms with Crippen LogP contribution in [0.2, 0.25) is 0 Å². The molecule has 0 bridgehead atoms. The maximum atomic E-state index is 12.8. The summed E-state index contributed by atoms with van der Waals surface area (Å²) in [6, 6.07) is 6.83. The number of fused-ring (bicyclic) bond motifs is 1. The van der Waals surface area contributed by atoms with Crippen molar-refractivity contribution in [3.63, 3.8) is 0 Å². The summed E-state index contributed by atoms with van der Waals surface area (Å²) >= 11 is 0. The zero-order valence-corrected chi connectivity index (χ0v) is 13.8. The number of ether oxygens (including phenoxy) is 2. The number of nitrogens with one attached hydrogen (secondary N) is 1. The summed E-state index contributed by atoms with van der Waals surface area (Å²) in [5.74, 6) is 1.05. The van der Waals surface area contributed by atoms with Gasteiger partial charge in [0.15, 0.2) is 17.5 Å². The first-order valence-corrected chi connectivity index (χ1v) is 9.10. The van der Waals surface area contributed by atoms with Gasteiger partial charge in [0.1, 0.15) is 19.3 Å². The molecule has 2 aliphatic rings. The third-order valence-corrected chi connectivity index (χ3v) is 6.22. The minimum absolute atomic E-state index is 0.117. The Balaban J connectivity index is 1.76. The summed E-state index contributed by atoms with van der Waals surface area (Å²) in [6.45, 7) is 4.86. The van der Waals surface area contributed by atoms with Gasteiger partial charge in [-0.25, -0.2) is 8.42 Å². The van der Waals surface area contributed by atoms with Gasteiger partial charge in [-0.2, -0.15) is 9.57 Å². The number of quaternary nitrogens is 1. The first kappa shape index (κ1) is 16.1. The highest BCUT2D eigenvalue weighted by Crippen LogP contribution is 2.33. The number of hydrogen-bond donors (Lipinski definition) is 1. The highest BCUT2D eigenvalue weighted by Gasteiger charge is 2.32. The van der Waals surface area contributed by atoms with E-state index >= 15 is 0 Å². The minimum Gasteiger partial charge on any atom is -0.486 e. The van der Waals surface area contributed by atoms with Crippen molar-refractivity contribution >= 4 is 10.0 Å². The normalized spacial score (nSPS) is 20.7. The second-order valence-corrected chi connectivity index (χ2v) is 7.66. The number of benzene rings is 1. The zero-order valence-electron chi connectivity index (χ0n) is 13.0. The topological polar surface area (TPSA) is 84.1 Å². The van der Waals surface area contributed by atoms with Crippen molar-refractivity contribution in [2.24, 2.45) is 0 Å². The molecule has 0 saturated carbocycles. The van der Waals surface area contributed by atoms with Crippen molar-refractivity contribution in [1.82, 2.24) is 4.31 Å². The van der Waals surface area contributed by atoms with E-state index in [1.165, 1.54) is 10.4 Å². The SMILES string of the molecule is C[C@H](C#N)[NH+]1CCN(S(=O)(=O)c2ccc3c(c2)OCCO3)CC1. The summed E-state index contributed by atoms with van der Waals surface area (Å²) in [5, 5.41) is 8.97. The highest BCUT2D eigenvalue weighted by atomic mass is 32.2. The van der Waals surface area contributed by atoms with Gasteiger partial charge in [0.05, 0.1) is 31.1 Å². The number of piperazine rings is 1. The summed E-state index contributed by atoms with van der Waals surface area (Å²) in [7, 11) is -3.55. The molecule has 124 valence electrons. The predicted octanol–water partition coefficient (Wildman–Crippen LogP) is -0.741. The second kappa shape index (κ2) is 6.35. The van der Waals surface area contributed by atoms with E-state index in [0.29, 0.717) is 50.9 Å². The predicted molar refractivity (Wildman–Crippen MR) is 82.0 cm³/mol. The first-order chi connectivity index (χ1) is 11.0. The van der Waals surface area contributed by atoms with Crippen LogP contribution in [0.1, 0.15) is 6.92 Å². The van der Waals surface area contributed by atoms with E-state index in [0.717, 1.165) is 4.90 Å². The Hall–Kier alpha value is -1.82. The van der Waals surface area contributed by atoms with Crippen molar-refractivity contribution in [1.29, 1.82) is 5.26 Å². The van der Waals surface area contributed by atoms with Gasteiger partial charge in [-0.15, -0.1) is 0 Å². The molecule has 0 unspecified atom stereocenters. The Morgan fingerprint density at radius 3 is 2.52 bits per heavy atom. The number of rotatable bonds is 3. The Morgan fingerprint density at radius 1 is 1.22 bits per heavy atom. The molecule has 0 aromatic heterocycles. The Morgan fingerprint density at radius 2 is 1.87 bits per heavy atom. The van der Waals surface area contributed by atoms with Crippen molar-refractivity contribution in [3.8, 4) is 17.6 Å². The van der Waals surface area contributed by atoms with Gasteiger partial charge in [-0.3, -0.25) is 0 Å². The molecule has 2 heterocycles. The third kappa shape index (κ3) is 3.13. The van der Waals surface area contributed by atoms with E-state index in [9.17, 15) is 8.42 Å². The van der Waals surface area contributed by atoms with Crippen LogP contribution in [0.4, 0.5) is 0 Å². The lowest BCUT2D eigenvalue weighted by atomic mass is 10.2. The maximum Gasteiger partial charge on any atom is 0.243 e. The molecular weight excluding hydrogens is 318 g/mol. The fourth-order valence-electron chi connectivity index (χ4n) is 2.87. The molecule has 1 saturated heterocycles. The summed E-state index contributed by atoms with van der Waals surface area (Å²) < 4.78 is 37.9.